The van der Waals surface area contributed by atoms with Crippen LogP contribution in [0.3, 0.4) is 0 Å². The highest BCUT2D eigenvalue weighted by Crippen LogP contribution is 2.33. The van der Waals surface area contributed by atoms with Crippen LogP contribution in [0.5, 0.6) is 0 Å². The number of ketones is 1. The Labute approximate surface area is 231 Å². The lowest BCUT2D eigenvalue weighted by molar-refractivity contribution is -0.142. The topological polar surface area (TPSA) is 186 Å². The summed E-state index contributed by atoms with van der Waals surface area (Å²) in [6, 6.07) is -4.86. The number of rotatable bonds is 15. The van der Waals surface area contributed by atoms with Gasteiger partial charge in [0.2, 0.25) is 23.6 Å². The van der Waals surface area contributed by atoms with Gasteiger partial charge in [0.25, 0.3) is 5.92 Å². The summed E-state index contributed by atoms with van der Waals surface area (Å²) >= 11 is 0. The van der Waals surface area contributed by atoms with Crippen molar-refractivity contribution in [2.75, 3.05) is 19.7 Å². The van der Waals surface area contributed by atoms with E-state index in [-0.39, 0.29) is 24.7 Å². The van der Waals surface area contributed by atoms with Crippen molar-refractivity contribution in [1.82, 2.24) is 20.9 Å². The van der Waals surface area contributed by atoms with Gasteiger partial charge in [-0.3, -0.25) is 24.0 Å². The van der Waals surface area contributed by atoms with Crippen LogP contribution in [-0.2, 0) is 28.7 Å². The zero-order valence-corrected chi connectivity index (χ0v) is 23.5. The van der Waals surface area contributed by atoms with Crippen molar-refractivity contribution in [2.24, 2.45) is 11.0 Å². The van der Waals surface area contributed by atoms with Crippen molar-refractivity contribution in [2.45, 2.75) is 102 Å². The molecule has 0 saturated carbocycles. The zero-order valence-electron chi connectivity index (χ0n) is 23.5. The Kier molecular flexibility index (Phi) is 11.4. The number of carbonyl (C=O) groups excluding carboxylic acids is 5. The molecule has 2 aliphatic heterocycles. The number of epoxide rings is 1. The number of ether oxygens (including phenoxy) is 1. The monoisotopic (exact) mass is 571 g/mol. The number of likely N-dealkylation sites (tertiary alicyclic amines) is 1. The molecule has 5 atom stereocenters. The first-order valence-electron chi connectivity index (χ1n) is 13.4. The molecule has 0 aromatic heterocycles. The molecule has 224 valence electrons. The number of carbonyl (C=O) groups is 5. The highest BCUT2D eigenvalue weighted by molar-refractivity contribution is 5.98. The summed E-state index contributed by atoms with van der Waals surface area (Å²) in [6.07, 6.45) is 0.779. The highest BCUT2D eigenvalue weighted by atomic mass is 19.3. The molecule has 13 nitrogen and oxygen atoms in total. The number of halogens is 2. The largest absolute Gasteiger partial charge is 0.361 e. The molecular weight excluding hydrogens is 532 g/mol. The van der Waals surface area contributed by atoms with Gasteiger partial charge >= 0.3 is 0 Å². The maximum atomic E-state index is 14.4. The van der Waals surface area contributed by atoms with Crippen molar-refractivity contribution in [3.63, 3.8) is 0 Å². The summed E-state index contributed by atoms with van der Waals surface area (Å²) in [5.74, 6) is -6.89. The Balaban J connectivity index is 2.18. The van der Waals surface area contributed by atoms with Gasteiger partial charge in [-0.05, 0) is 38.1 Å². The minimum Gasteiger partial charge on any atom is -0.361 e. The number of nitrogens with zero attached hydrogens (tertiary/aromatic N) is 4. The van der Waals surface area contributed by atoms with Gasteiger partial charge < -0.3 is 25.6 Å². The average molecular weight is 572 g/mol. The van der Waals surface area contributed by atoms with Gasteiger partial charge in [-0.25, -0.2) is 8.78 Å². The van der Waals surface area contributed by atoms with Crippen LogP contribution in [0.25, 0.3) is 10.4 Å². The van der Waals surface area contributed by atoms with Gasteiger partial charge in [0.05, 0.1) is 19.2 Å². The third-order valence-corrected chi connectivity index (χ3v) is 6.80. The zero-order chi connectivity index (χ0) is 30.3. The Bertz CT molecular complexity index is 1030. The second kappa shape index (κ2) is 13.8. The third kappa shape index (κ3) is 9.12. The van der Waals surface area contributed by atoms with Gasteiger partial charge in [0.1, 0.15) is 30.3 Å². The van der Waals surface area contributed by atoms with E-state index in [2.05, 4.69) is 26.0 Å². The van der Waals surface area contributed by atoms with E-state index in [4.69, 9.17) is 10.3 Å². The fourth-order valence-corrected chi connectivity index (χ4v) is 4.52. The second-order valence-electron chi connectivity index (χ2n) is 11.0. The van der Waals surface area contributed by atoms with Crippen LogP contribution in [0.4, 0.5) is 8.78 Å². The number of amides is 4. The standard InChI is InChI=1S/C25H39F2N7O6/c1-6-7-8-16(21(37)32-17(9-14(2)3)20(36)24(5)13-40-24)31-22(38)18-10-25(26,27)12-34(18)23(39)15(4)30-19(35)11-29-33-28/h14-18H,6-13H2,1-5H3,(H,30,35)(H,31,38)(H,32,37)/t15-,16-,17-,18-,24+/m0/s1. The Morgan fingerprint density at radius 2 is 1.77 bits per heavy atom. The van der Waals surface area contributed by atoms with Crippen LogP contribution in [0, 0.1) is 5.92 Å². The summed E-state index contributed by atoms with van der Waals surface area (Å²) in [5.41, 5.74) is 7.35. The van der Waals surface area contributed by atoms with Gasteiger partial charge in [-0.15, -0.1) is 0 Å². The van der Waals surface area contributed by atoms with E-state index in [1.165, 1.54) is 6.92 Å². The Hall–Kier alpha value is -3.32. The van der Waals surface area contributed by atoms with Crippen molar-refractivity contribution in [1.29, 1.82) is 0 Å². The SMILES string of the molecule is CCCC[C@H](NC(=O)[C@@H]1CC(F)(F)CN1C(=O)[C@H](C)NC(=O)CN=[N+]=[N-])C(=O)N[C@@H](CC(C)C)C(=O)[C@@]1(C)CO1. The quantitative estimate of drug-likeness (QED) is 0.116. The first kappa shape index (κ1) is 32.9. The number of hydrogen-bond donors (Lipinski definition) is 3. The number of nitrogens with one attached hydrogen (secondary N) is 3. The lowest BCUT2D eigenvalue weighted by atomic mass is 9.93. The van der Waals surface area contributed by atoms with Crippen LogP contribution >= 0.6 is 0 Å². The summed E-state index contributed by atoms with van der Waals surface area (Å²) in [4.78, 5) is 67.3. The molecule has 2 aliphatic rings. The van der Waals surface area contributed by atoms with E-state index in [1.54, 1.807) is 6.92 Å². The fraction of sp³-hybridized carbons (Fsp3) is 0.800. The molecule has 0 bridgehead atoms. The van der Waals surface area contributed by atoms with Crippen LogP contribution < -0.4 is 16.0 Å². The van der Waals surface area contributed by atoms with E-state index < -0.39 is 78.8 Å². The van der Waals surface area contributed by atoms with Crippen molar-refractivity contribution >= 4 is 29.4 Å². The van der Waals surface area contributed by atoms with Gasteiger partial charge in [0, 0.05) is 11.3 Å². The number of Topliss-reactive ketones (excluding diaryl/α,β-unsaturated/α-hetero) is 1. The first-order valence-corrected chi connectivity index (χ1v) is 13.4. The predicted octanol–water partition coefficient (Wildman–Crippen LogP) is 1.60. The van der Waals surface area contributed by atoms with Crippen LogP contribution in [-0.4, -0.2) is 89.7 Å². The second-order valence-corrected chi connectivity index (χ2v) is 11.0. The number of unbranched alkanes of at least 4 members (excludes halogenated alkanes) is 1. The molecule has 2 fully saturated rings. The van der Waals surface area contributed by atoms with Gasteiger partial charge in [0.15, 0.2) is 5.78 Å². The number of azide groups is 1. The molecule has 0 radical (unpaired) electrons. The van der Waals surface area contributed by atoms with E-state index in [1.807, 2.05) is 20.8 Å². The molecule has 40 heavy (non-hydrogen) atoms. The fourth-order valence-electron chi connectivity index (χ4n) is 4.52. The number of hydrogen-bond acceptors (Lipinski definition) is 7. The minimum atomic E-state index is -3.37. The molecule has 0 spiro atoms. The minimum absolute atomic E-state index is 0.0646. The lowest BCUT2D eigenvalue weighted by Crippen LogP contribution is -2.57. The molecule has 3 N–H and O–H groups in total. The van der Waals surface area contributed by atoms with Gasteiger partial charge in [-0.2, -0.15) is 0 Å². The van der Waals surface area contributed by atoms with Crippen LogP contribution in [0.2, 0.25) is 0 Å². The molecule has 2 saturated heterocycles. The molecule has 2 rings (SSSR count). The van der Waals surface area contributed by atoms with E-state index in [0.29, 0.717) is 24.2 Å². The maximum Gasteiger partial charge on any atom is 0.267 e. The molecule has 0 aromatic carbocycles. The molecule has 2 heterocycles. The molecule has 4 amide bonds. The van der Waals surface area contributed by atoms with Crippen molar-refractivity contribution in [3.8, 4) is 0 Å². The molecule has 0 unspecified atom stereocenters. The summed E-state index contributed by atoms with van der Waals surface area (Å²) < 4.78 is 34.1. The molecular formula is C25H39F2N7O6. The normalized spacial score (nSPS) is 23.4. The third-order valence-electron chi connectivity index (χ3n) is 6.80. The smallest absolute Gasteiger partial charge is 0.267 e. The lowest BCUT2D eigenvalue weighted by Gasteiger charge is -2.29. The van der Waals surface area contributed by atoms with E-state index in [0.717, 1.165) is 0 Å². The van der Waals surface area contributed by atoms with Crippen molar-refractivity contribution in [3.05, 3.63) is 10.4 Å². The van der Waals surface area contributed by atoms with E-state index in [9.17, 15) is 32.8 Å². The first-order chi connectivity index (χ1) is 18.6. The summed E-state index contributed by atoms with van der Waals surface area (Å²) in [7, 11) is 0. The van der Waals surface area contributed by atoms with Crippen LogP contribution in [0.1, 0.15) is 66.7 Å². The molecule has 0 aromatic rings. The number of alkyl halides is 2. The van der Waals surface area contributed by atoms with Crippen LogP contribution in [0.15, 0.2) is 5.11 Å². The Morgan fingerprint density at radius 3 is 2.33 bits per heavy atom. The van der Waals surface area contributed by atoms with Crippen molar-refractivity contribution < 1.29 is 37.5 Å². The predicted molar refractivity (Wildman–Crippen MR) is 139 cm³/mol. The maximum absolute atomic E-state index is 14.4. The highest BCUT2D eigenvalue weighted by Gasteiger charge is 2.52. The molecule has 0 aliphatic carbocycles. The summed E-state index contributed by atoms with van der Waals surface area (Å²) in [5, 5.41) is 10.6. The Morgan fingerprint density at radius 1 is 1.12 bits per heavy atom. The van der Waals surface area contributed by atoms with E-state index >= 15 is 0 Å². The average Bonchev–Trinajstić information content (AvgIpc) is 3.54. The molecule has 15 heteroatoms. The summed E-state index contributed by atoms with van der Waals surface area (Å²) in [6.45, 7) is 7.17. The van der Waals surface area contributed by atoms with Gasteiger partial charge in [-0.1, -0.05) is 38.7 Å².